The molecule has 3 aromatic rings. The Morgan fingerprint density at radius 2 is 1.57 bits per heavy atom. The van der Waals surface area contributed by atoms with E-state index in [4.69, 9.17) is 18.6 Å². The van der Waals surface area contributed by atoms with E-state index in [0.29, 0.717) is 0 Å². The van der Waals surface area contributed by atoms with Crippen molar-refractivity contribution in [3.8, 4) is 45.8 Å². The largest absolute Gasteiger partial charge is 0.507 e. The van der Waals surface area contributed by atoms with Crippen molar-refractivity contribution in [2.45, 2.75) is 30.7 Å². The number of fused-ring (bicyclic) bond motifs is 1. The number of aromatic hydroxyl groups is 4. The molecule has 0 amide bonds. The monoisotopic (exact) mass is 494 g/mol. The molecule has 8 N–H and O–H groups in total. The van der Waals surface area contributed by atoms with Crippen molar-refractivity contribution in [2.24, 2.45) is 0 Å². The zero-order valence-corrected chi connectivity index (χ0v) is 18.0. The van der Waals surface area contributed by atoms with Crippen molar-refractivity contribution < 1.29 is 59.5 Å². The minimum absolute atomic E-state index is 0.128. The van der Waals surface area contributed by atoms with Gasteiger partial charge in [-0.2, -0.15) is 0 Å². The van der Waals surface area contributed by atoms with E-state index in [-0.39, 0.29) is 22.3 Å². The summed E-state index contributed by atoms with van der Waals surface area (Å²) in [5.74, 6) is -3.92. The number of hydrogen-bond acceptors (Lipinski definition) is 13. The molecule has 0 saturated carbocycles. The molecule has 1 aromatic heterocycles. The highest BCUT2D eigenvalue weighted by molar-refractivity contribution is 5.88. The summed E-state index contributed by atoms with van der Waals surface area (Å²) in [5, 5.41) is 79.4. The Labute approximate surface area is 195 Å². The van der Waals surface area contributed by atoms with Crippen LogP contribution in [0.1, 0.15) is 0 Å². The lowest BCUT2D eigenvalue weighted by molar-refractivity contribution is -0.277. The number of aliphatic hydroxyl groups is 4. The van der Waals surface area contributed by atoms with Gasteiger partial charge in [-0.05, 0) is 12.1 Å². The van der Waals surface area contributed by atoms with Gasteiger partial charge in [0.2, 0.25) is 17.5 Å². The van der Waals surface area contributed by atoms with Gasteiger partial charge in [0.25, 0.3) is 0 Å². The Kier molecular flexibility index (Phi) is 6.36. The number of rotatable bonds is 5. The number of phenolic OH excluding ortho intramolecular Hbond substituents is 4. The average Bonchev–Trinajstić information content (AvgIpc) is 2.83. The normalized spacial score (nSPS) is 24.4. The fraction of sp³-hybridized carbons (Fsp3) is 0.318. The van der Waals surface area contributed by atoms with Crippen LogP contribution in [-0.2, 0) is 4.74 Å². The van der Waals surface area contributed by atoms with E-state index in [1.807, 2.05) is 0 Å². The molecule has 0 aliphatic carbocycles. The predicted molar refractivity (Wildman–Crippen MR) is 116 cm³/mol. The predicted octanol–water partition coefficient (Wildman–Crippen LogP) is -0.530. The Morgan fingerprint density at radius 1 is 0.914 bits per heavy atom. The van der Waals surface area contributed by atoms with Crippen LogP contribution >= 0.6 is 0 Å². The van der Waals surface area contributed by atoms with E-state index in [1.54, 1.807) is 0 Å². The van der Waals surface area contributed by atoms with E-state index in [2.05, 4.69) is 0 Å². The van der Waals surface area contributed by atoms with Gasteiger partial charge in [0.05, 0.1) is 13.7 Å². The second-order valence-corrected chi connectivity index (χ2v) is 7.79. The minimum atomic E-state index is -1.89. The van der Waals surface area contributed by atoms with Crippen molar-refractivity contribution in [2.75, 3.05) is 13.7 Å². The molecule has 2 aromatic carbocycles. The van der Waals surface area contributed by atoms with E-state index in [9.17, 15) is 45.6 Å². The van der Waals surface area contributed by atoms with Crippen molar-refractivity contribution >= 4 is 11.0 Å². The molecular formula is C22H22O13. The molecule has 1 aliphatic heterocycles. The summed E-state index contributed by atoms with van der Waals surface area (Å²) < 4.78 is 21.6. The molecule has 13 heteroatoms. The summed E-state index contributed by atoms with van der Waals surface area (Å²) in [6.07, 6.45) is -8.55. The molecule has 0 spiro atoms. The fourth-order valence-corrected chi connectivity index (χ4v) is 3.69. The zero-order chi connectivity index (χ0) is 25.6. The van der Waals surface area contributed by atoms with Crippen LogP contribution in [0.4, 0.5) is 0 Å². The van der Waals surface area contributed by atoms with Crippen molar-refractivity contribution in [3.05, 3.63) is 34.5 Å². The van der Waals surface area contributed by atoms with Gasteiger partial charge in [0, 0.05) is 17.7 Å². The third-order valence-corrected chi connectivity index (χ3v) is 5.56. The van der Waals surface area contributed by atoms with Crippen LogP contribution < -0.4 is 14.9 Å². The molecule has 0 bridgehead atoms. The van der Waals surface area contributed by atoms with E-state index >= 15 is 0 Å². The topological polar surface area (TPSA) is 220 Å². The van der Waals surface area contributed by atoms with Gasteiger partial charge < -0.3 is 59.5 Å². The van der Waals surface area contributed by atoms with Gasteiger partial charge in [-0.15, -0.1) is 0 Å². The van der Waals surface area contributed by atoms with Gasteiger partial charge in [0.15, 0.2) is 23.0 Å². The summed E-state index contributed by atoms with van der Waals surface area (Å²) >= 11 is 0. The fourth-order valence-electron chi connectivity index (χ4n) is 3.69. The summed E-state index contributed by atoms with van der Waals surface area (Å²) in [4.78, 5) is 13.4. The standard InChI is InChI=1S/C22H22O13/c1-32-8-4-9(24)14-12(5-8)33-20(7-2-10(25)15(27)11(26)3-7)21(17(14)29)35-22-19(31)18(30)16(28)13(6-23)34-22/h2-5,13,16,18-19,22-28,30-31H,6H2,1H3/t13-,16+,18?,19?,22-/m1/s1. The molecule has 0 radical (unpaired) electrons. The number of phenols is 4. The van der Waals surface area contributed by atoms with Crippen LogP contribution in [0.15, 0.2) is 33.5 Å². The summed E-state index contributed by atoms with van der Waals surface area (Å²) in [5.41, 5.74) is -1.33. The van der Waals surface area contributed by atoms with Gasteiger partial charge in [0.1, 0.15) is 46.9 Å². The maximum absolute atomic E-state index is 13.4. The third-order valence-electron chi connectivity index (χ3n) is 5.56. The zero-order valence-electron chi connectivity index (χ0n) is 18.0. The molecule has 1 aliphatic rings. The molecule has 1 fully saturated rings. The van der Waals surface area contributed by atoms with E-state index in [0.717, 1.165) is 18.2 Å². The lowest BCUT2D eigenvalue weighted by atomic mass is 9.99. The Bertz CT molecular complexity index is 1290. The van der Waals surface area contributed by atoms with Crippen LogP contribution in [-0.4, -0.2) is 85.3 Å². The number of aliphatic hydroxyl groups excluding tert-OH is 4. The molecule has 188 valence electrons. The molecule has 2 heterocycles. The molecule has 1 saturated heterocycles. The molecule has 2 unspecified atom stereocenters. The van der Waals surface area contributed by atoms with Gasteiger partial charge in [-0.1, -0.05) is 0 Å². The summed E-state index contributed by atoms with van der Waals surface area (Å²) in [6, 6.07) is 4.30. The van der Waals surface area contributed by atoms with Crippen LogP contribution in [0, 0.1) is 0 Å². The highest BCUT2D eigenvalue weighted by atomic mass is 16.7. The van der Waals surface area contributed by atoms with Crippen LogP contribution in [0.25, 0.3) is 22.3 Å². The van der Waals surface area contributed by atoms with Gasteiger partial charge in [-0.25, -0.2) is 0 Å². The van der Waals surface area contributed by atoms with Crippen LogP contribution in [0.5, 0.6) is 34.5 Å². The number of hydrogen-bond donors (Lipinski definition) is 8. The maximum Gasteiger partial charge on any atom is 0.239 e. The second-order valence-electron chi connectivity index (χ2n) is 7.79. The third kappa shape index (κ3) is 4.15. The molecule has 4 rings (SSSR count). The lowest BCUT2D eigenvalue weighted by Crippen LogP contribution is -2.60. The number of methoxy groups -OCH3 is 1. The van der Waals surface area contributed by atoms with Crippen molar-refractivity contribution in [1.82, 2.24) is 0 Å². The highest BCUT2D eigenvalue weighted by Crippen LogP contribution is 2.43. The molecule has 35 heavy (non-hydrogen) atoms. The first-order chi connectivity index (χ1) is 16.6. The Hall–Kier alpha value is -3.75. The quantitative estimate of drug-likeness (QED) is 0.209. The van der Waals surface area contributed by atoms with E-state index < -0.39 is 77.2 Å². The van der Waals surface area contributed by atoms with Crippen LogP contribution in [0.3, 0.4) is 0 Å². The maximum atomic E-state index is 13.4. The summed E-state index contributed by atoms with van der Waals surface area (Å²) in [6.45, 7) is -0.760. The number of ether oxygens (including phenoxy) is 3. The molecule has 5 atom stereocenters. The smallest absolute Gasteiger partial charge is 0.239 e. The first kappa shape index (κ1) is 24.4. The number of benzene rings is 2. The van der Waals surface area contributed by atoms with Crippen molar-refractivity contribution in [1.29, 1.82) is 0 Å². The van der Waals surface area contributed by atoms with E-state index in [1.165, 1.54) is 13.2 Å². The van der Waals surface area contributed by atoms with Crippen LogP contribution in [0.2, 0.25) is 0 Å². The van der Waals surface area contributed by atoms with Gasteiger partial charge >= 0.3 is 0 Å². The summed E-state index contributed by atoms with van der Waals surface area (Å²) in [7, 11) is 1.31. The minimum Gasteiger partial charge on any atom is -0.507 e. The Morgan fingerprint density at radius 3 is 2.17 bits per heavy atom. The van der Waals surface area contributed by atoms with Gasteiger partial charge in [-0.3, -0.25) is 4.79 Å². The SMILES string of the molecule is COc1cc(O)c2c(=O)c(O[C@H]3O[C@H](CO)[C@H](O)C(O)C3O)c(-c3cc(O)c(O)c(O)c3)oc2c1. The first-order valence-electron chi connectivity index (χ1n) is 10.2. The lowest BCUT2D eigenvalue weighted by Gasteiger charge is -2.39. The highest BCUT2D eigenvalue weighted by Gasteiger charge is 2.45. The second kappa shape index (κ2) is 9.13. The van der Waals surface area contributed by atoms with Crippen molar-refractivity contribution in [3.63, 3.8) is 0 Å². The Balaban J connectivity index is 1.94. The average molecular weight is 494 g/mol. The molecule has 13 nitrogen and oxygen atoms in total. The molecular weight excluding hydrogens is 472 g/mol. The first-order valence-corrected chi connectivity index (χ1v) is 10.2.